The Morgan fingerprint density at radius 3 is 2.86 bits per heavy atom. The van der Waals surface area contributed by atoms with Crippen LogP contribution in [0.25, 0.3) is 4.96 Å². The van der Waals surface area contributed by atoms with Crippen LogP contribution in [0.3, 0.4) is 0 Å². The Bertz CT molecular complexity index is 821. The molecule has 0 radical (unpaired) electrons. The standard InChI is InChI=1S/C13H12BrN5O2S/c1-18-6-8(14)4-10(18)12(21)17-16-11(20)5-9-7-19-2-3-22-13(19)15-9/h2-4,6-7H,5H2,1H3,(H,16,20)(H,17,21). The summed E-state index contributed by atoms with van der Waals surface area (Å²) in [6.45, 7) is 0. The van der Waals surface area contributed by atoms with Gasteiger partial charge in [0.15, 0.2) is 4.96 Å². The molecule has 9 heteroatoms. The van der Waals surface area contributed by atoms with Gasteiger partial charge in [0, 0.05) is 35.5 Å². The number of hydrogen-bond acceptors (Lipinski definition) is 4. The van der Waals surface area contributed by atoms with E-state index in [2.05, 4.69) is 31.8 Å². The number of halogens is 1. The molecule has 7 nitrogen and oxygen atoms in total. The molecule has 0 spiro atoms. The molecule has 0 aliphatic carbocycles. The van der Waals surface area contributed by atoms with Crippen molar-refractivity contribution in [1.29, 1.82) is 0 Å². The normalized spacial score (nSPS) is 10.8. The van der Waals surface area contributed by atoms with Crippen LogP contribution in [0.1, 0.15) is 16.2 Å². The van der Waals surface area contributed by atoms with Gasteiger partial charge >= 0.3 is 0 Å². The smallest absolute Gasteiger partial charge is 0.286 e. The lowest BCUT2D eigenvalue weighted by Crippen LogP contribution is -2.43. The molecular formula is C13H12BrN5O2S. The Kier molecular flexibility index (Phi) is 3.99. The summed E-state index contributed by atoms with van der Waals surface area (Å²) in [5.41, 5.74) is 5.87. The summed E-state index contributed by atoms with van der Waals surface area (Å²) < 4.78 is 4.31. The molecule has 3 heterocycles. The van der Waals surface area contributed by atoms with Crippen LogP contribution in [0.15, 0.2) is 34.5 Å². The summed E-state index contributed by atoms with van der Waals surface area (Å²) in [6.07, 6.45) is 5.53. The van der Waals surface area contributed by atoms with Gasteiger partial charge in [0.25, 0.3) is 5.91 Å². The number of hydrogen-bond donors (Lipinski definition) is 2. The van der Waals surface area contributed by atoms with Crippen molar-refractivity contribution in [2.24, 2.45) is 7.05 Å². The SMILES string of the molecule is Cn1cc(Br)cc1C(=O)NNC(=O)Cc1cn2ccsc2n1. The number of imidazole rings is 1. The average molecular weight is 382 g/mol. The average Bonchev–Trinajstić information content (AvgIpc) is 3.10. The maximum atomic E-state index is 11.9. The van der Waals surface area contributed by atoms with E-state index in [1.54, 1.807) is 30.1 Å². The maximum absolute atomic E-state index is 11.9. The van der Waals surface area contributed by atoms with Crippen molar-refractivity contribution in [3.8, 4) is 0 Å². The summed E-state index contributed by atoms with van der Waals surface area (Å²) in [4.78, 5) is 28.9. The Labute approximate surface area is 138 Å². The summed E-state index contributed by atoms with van der Waals surface area (Å²) >= 11 is 4.79. The molecule has 0 saturated carbocycles. The Balaban J connectivity index is 1.57. The van der Waals surface area contributed by atoms with Gasteiger partial charge in [0.1, 0.15) is 5.69 Å². The minimum atomic E-state index is -0.382. The number of fused-ring (bicyclic) bond motifs is 1. The predicted molar refractivity (Wildman–Crippen MR) is 85.5 cm³/mol. The molecule has 114 valence electrons. The van der Waals surface area contributed by atoms with Crippen molar-refractivity contribution in [2.45, 2.75) is 6.42 Å². The summed E-state index contributed by atoms with van der Waals surface area (Å²) in [6, 6.07) is 1.67. The lowest BCUT2D eigenvalue weighted by molar-refractivity contribution is -0.121. The van der Waals surface area contributed by atoms with Gasteiger partial charge in [-0.25, -0.2) is 4.98 Å². The van der Waals surface area contributed by atoms with E-state index < -0.39 is 0 Å². The van der Waals surface area contributed by atoms with Crippen LogP contribution in [-0.2, 0) is 18.3 Å². The third-order valence-electron chi connectivity index (χ3n) is 3.00. The molecule has 0 fully saturated rings. The molecule has 0 saturated heterocycles. The van der Waals surface area contributed by atoms with Gasteiger partial charge in [0.05, 0.1) is 12.1 Å². The van der Waals surface area contributed by atoms with E-state index in [-0.39, 0.29) is 18.2 Å². The molecule has 3 aromatic heterocycles. The molecule has 2 amide bonds. The Morgan fingerprint density at radius 1 is 1.36 bits per heavy atom. The number of aryl methyl sites for hydroxylation is 1. The minimum Gasteiger partial charge on any atom is -0.345 e. The summed E-state index contributed by atoms with van der Waals surface area (Å²) in [5.74, 6) is -0.709. The molecule has 22 heavy (non-hydrogen) atoms. The number of aromatic nitrogens is 3. The second kappa shape index (κ2) is 5.93. The quantitative estimate of drug-likeness (QED) is 0.674. The lowest BCUT2D eigenvalue weighted by atomic mass is 10.3. The molecule has 0 aliphatic heterocycles. The van der Waals surface area contributed by atoms with Crippen LogP contribution >= 0.6 is 27.3 Å². The van der Waals surface area contributed by atoms with Gasteiger partial charge in [-0.05, 0) is 22.0 Å². The van der Waals surface area contributed by atoms with Crippen LogP contribution in [-0.4, -0.2) is 25.8 Å². The van der Waals surface area contributed by atoms with Gasteiger partial charge in [0.2, 0.25) is 5.91 Å². The van der Waals surface area contributed by atoms with Crippen molar-refractivity contribution < 1.29 is 9.59 Å². The van der Waals surface area contributed by atoms with Crippen LogP contribution in [0, 0.1) is 0 Å². The van der Waals surface area contributed by atoms with Gasteiger partial charge < -0.3 is 4.57 Å². The highest BCUT2D eigenvalue weighted by atomic mass is 79.9. The molecule has 0 aromatic carbocycles. The van der Waals surface area contributed by atoms with Crippen LogP contribution in [0.2, 0.25) is 0 Å². The molecule has 0 unspecified atom stereocenters. The number of nitrogens with zero attached hydrogens (tertiary/aromatic N) is 3. The van der Waals surface area contributed by atoms with Crippen molar-refractivity contribution in [2.75, 3.05) is 0 Å². The number of carbonyl (C=O) groups is 2. The fourth-order valence-electron chi connectivity index (χ4n) is 2.01. The number of hydrazine groups is 1. The summed E-state index contributed by atoms with van der Waals surface area (Å²) in [5, 5.41) is 1.92. The summed E-state index contributed by atoms with van der Waals surface area (Å²) in [7, 11) is 1.75. The predicted octanol–water partition coefficient (Wildman–Crippen LogP) is 1.50. The fraction of sp³-hybridized carbons (Fsp3) is 0.154. The van der Waals surface area contributed by atoms with Gasteiger partial charge in [-0.2, -0.15) is 0 Å². The number of thiazole rings is 1. The van der Waals surface area contributed by atoms with E-state index in [4.69, 9.17) is 0 Å². The van der Waals surface area contributed by atoms with Crippen LogP contribution in [0.5, 0.6) is 0 Å². The molecular weight excluding hydrogens is 370 g/mol. The molecule has 3 aromatic rings. The number of carbonyl (C=O) groups excluding carboxylic acids is 2. The molecule has 0 bridgehead atoms. The lowest BCUT2D eigenvalue weighted by Gasteiger charge is -2.07. The first kappa shape index (κ1) is 14.8. The van der Waals surface area contributed by atoms with E-state index in [0.29, 0.717) is 11.4 Å². The first-order valence-electron chi connectivity index (χ1n) is 6.35. The van der Waals surface area contributed by atoms with E-state index >= 15 is 0 Å². The molecule has 2 N–H and O–H groups in total. The van der Waals surface area contributed by atoms with E-state index in [1.165, 1.54) is 11.3 Å². The largest absolute Gasteiger partial charge is 0.345 e. The van der Waals surface area contributed by atoms with Crippen molar-refractivity contribution in [3.63, 3.8) is 0 Å². The third kappa shape index (κ3) is 3.04. The Morgan fingerprint density at radius 2 is 2.18 bits per heavy atom. The zero-order chi connectivity index (χ0) is 15.7. The number of rotatable bonds is 3. The topological polar surface area (TPSA) is 80.4 Å². The van der Waals surface area contributed by atoms with Crippen molar-refractivity contribution in [3.05, 3.63) is 45.9 Å². The second-order valence-electron chi connectivity index (χ2n) is 4.66. The van der Waals surface area contributed by atoms with Crippen LogP contribution < -0.4 is 10.9 Å². The number of amides is 2. The highest BCUT2D eigenvalue weighted by Gasteiger charge is 2.13. The second-order valence-corrected chi connectivity index (χ2v) is 6.45. The van der Waals surface area contributed by atoms with Crippen LogP contribution in [0.4, 0.5) is 0 Å². The maximum Gasteiger partial charge on any atom is 0.286 e. The monoisotopic (exact) mass is 381 g/mol. The first-order chi connectivity index (χ1) is 10.5. The van der Waals surface area contributed by atoms with Gasteiger partial charge in [-0.1, -0.05) is 0 Å². The number of nitrogens with one attached hydrogen (secondary N) is 2. The highest BCUT2D eigenvalue weighted by molar-refractivity contribution is 9.10. The van der Waals surface area contributed by atoms with Crippen molar-refractivity contribution >= 4 is 44.0 Å². The molecule has 3 rings (SSSR count). The molecule has 0 aliphatic rings. The highest BCUT2D eigenvalue weighted by Crippen LogP contribution is 2.13. The molecule has 0 atom stereocenters. The zero-order valence-electron chi connectivity index (χ0n) is 11.5. The van der Waals surface area contributed by atoms with Gasteiger partial charge in [-0.15, -0.1) is 11.3 Å². The third-order valence-corrected chi connectivity index (χ3v) is 4.21. The van der Waals surface area contributed by atoms with E-state index in [0.717, 1.165) is 9.43 Å². The minimum absolute atomic E-state index is 0.103. The first-order valence-corrected chi connectivity index (χ1v) is 8.02. The van der Waals surface area contributed by atoms with Gasteiger partial charge in [-0.3, -0.25) is 24.8 Å². The fourth-order valence-corrected chi connectivity index (χ4v) is 3.25. The van der Waals surface area contributed by atoms with Crippen molar-refractivity contribution in [1.82, 2.24) is 24.8 Å². The Hall–Kier alpha value is -2.13. The van der Waals surface area contributed by atoms with E-state index in [9.17, 15) is 9.59 Å². The van der Waals surface area contributed by atoms with E-state index in [1.807, 2.05) is 16.0 Å². The zero-order valence-corrected chi connectivity index (χ0v) is 13.9.